The Balaban J connectivity index is 1.48. The van der Waals surface area contributed by atoms with Crippen LogP contribution in [0, 0.1) is 0 Å². The number of hydrogen-bond donors (Lipinski definition) is 1. The van der Waals surface area contributed by atoms with Gasteiger partial charge >= 0.3 is 0 Å². The number of nitrogens with zero attached hydrogens (tertiary/aromatic N) is 2. The number of aromatic nitrogens is 2. The van der Waals surface area contributed by atoms with Crippen molar-refractivity contribution in [3.05, 3.63) is 59.4 Å². The van der Waals surface area contributed by atoms with Gasteiger partial charge in [-0.1, -0.05) is 50.2 Å². The molecule has 1 N–H and O–H groups in total. The van der Waals surface area contributed by atoms with E-state index < -0.39 is 0 Å². The molecule has 1 aromatic heterocycles. The first-order valence-corrected chi connectivity index (χ1v) is 10.0. The first-order valence-electron chi connectivity index (χ1n) is 10.0. The second-order valence-corrected chi connectivity index (χ2v) is 6.91. The highest BCUT2D eigenvalue weighted by Gasteiger charge is 2.14. The van der Waals surface area contributed by atoms with Crippen molar-refractivity contribution in [3.63, 3.8) is 0 Å². The summed E-state index contributed by atoms with van der Waals surface area (Å²) in [4.78, 5) is 12.3. The van der Waals surface area contributed by atoms with Crippen molar-refractivity contribution in [2.75, 3.05) is 6.61 Å². The minimum Gasteiger partial charge on any atom is -0.493 e. The molecule has 0 spiro atoms. The number of nitrogens with one attached hydrogen (secondary N) is 1. The van der Waals surface area contributed by atoms with Gasteiger partial charge in [0.05, 0.1) is 12.3 Å². The lowest BCUT2D eigenvalue weighted by Gasteiger charge is -2.10. The molecular weight excluding hydrogens is 350 g/mol. The van der Waals surface area contributed by atoms with Crippen LogP contribution in [-0.2, 0) is 31.2 Å². The Kier molecular flexibility index (Phi) is 6.69. The smallest absolute Gasteiger partial charge is 0.220 e. The minimum absolute atomic E-state index is 0.0504. The van der Waals surface area contributed by atoms with Crippen molar-refractivity contribution in [1.82, 2.24) is 15.1 Å². The summed E-state index contributed by atoms with van der Waals surface area (Å²) in [5, 5.41) is 9.86. The molecular formula is C23H29N3O2. The van der Waals surface area contributed by atoms with Gasteiger partial charge in [-0.2, -0.15) is 5.10 Å². The van der Waals surface area contributed by atoms with E-state index in [1.165, 1.54) is 5.69 Å². The Labute approximate surface area is 166 Å². The van der Waals surface area contributed by atoms with Crippen molar-refractivity contribution in [2.24, 2.45) is 7.05 Å². The zero-order valence-electron chi connectivity index (χ0n) is 17.0. The summed E-state index contributed by atoms with van der Waals surface area (Å²) in [6.45, 7) is 5.28. The Bertz CT molecular complexity index is 941. The van der Waals surface area contributed by atoms with Gasteiger partial charge in [-0.05, 0) is 30.7 Å². The number of hydrogen-bond acceptors (Lipinski definition) is 3. The molecule has 0 fully saturated rings. The van der Waals surface area contributed by atoms with E-state index in [9.17, 15) is 4.79 Å². The van der Waals surface area contributed by atoms with E-state index in [1.807, 2.05) is 36.0 Å². The van der Waals surface area contributed by atoms with Gasteiger partial charge in [0.25, 0.3) is 0 Å². The first-order chi connectivity index (χ1) is 13.6. The highest BCUT2D eigenvalue weighted by atomic mass is 16.5. The molecule has 5 nitrogen and oxygen atoms in total. The van der Waals surface area contributed by atoms with Gasteiger partial charge in [0.1, 0.15) is 5.75 Å². The van der Waals surface area contributed by atoms with E-state index >= 15 is 0 Å². The summed E-state index contributed by atoms with van der Waals surface area (Å²) < 4.78 is 7.84. The van der Waals surface area contributed by atoms with E-state index in [0.717, 1.165) is 40.6 Å². The SMILES string of the molecule is CCc1nn(C)c(CC)c1CNC(=O)CCCOc1cccc2ccccc12. The van der Waals surface area contributed by atoms with Gasteiger partial charge in [0, 0.05) is 36.7 Å². The normalized spacial score (nSPS) is 11.0. The maximum atomic E-state index is 12.3. The molecule has 28 heavy (non-hydrogen) atoms. The van der Waals surface area contributed by atoms with Crippen LogP contribution >= 0.6 is 0 Å². The van der Waals surface area contributed by atoms with Crippen LogP contribution in [0.1, 0.15) is 43.6 Å². The molecule has 5 heteroatoms. The third-order valence-electron chi connectivity index (χ3n) is 5.05. The molecule has 0 aliphatic rings. The van der Waals surface area contributed by atoms with E-state index in [-0.39, 0.29) is 5.91 Å². The van der Waals surface area contributed by atoms with Crippen molar-refractivity contribution in [2.45, 2.75) is 46.1 Å². The molecule has 0 saturated heterocycles. The number of carbonyl (C=O) groups excluding carboxylic acids is 1. The maximum absolute atomic E-state index is 12.3. The number of ether oxygens (including phenoxy) is 1. The van der Waals surface area contributed by atoms with Gasteiger partial charge in [-0.15, -0.1) is 0 Å². The van der Waals surface area contributed by atoms with E-state index in [4.69, 9.17) is 4.74 Å². The molecule has 0 bridgehead atoms. The summed E-state index contributed by atoms with van der Waals surface area (Å²) in [6, 6.07) is 14.2. The number of rotatable bonds is 9. The Hall–Kier alpha value is -2.82. The molecule has 0 radical (unpaired) electrons. The van der Waals surface area contributed by atoms with Gasteiger partial charge in [-0.25, -0.2) is 0 Å². The first kappa shape index (κ1) is 19.9. The summed E-state index contributed by atoms with van der Waals surface area (Å²) in [6.07, 6.45) is 2.92. The van der Waals surface area contributed by atoms with Crippen LogP contribution in [-0.4, -0.2) is 22.3 Å². The molecule has 1 heterocycles. The number of fused-ring (bicyclic) bond motifs is 1. The molecule has 0 saturated carbocycles. The molecule has 3 aromatic rings. The minimum atomic E-state index is 0.0504. The van der Waals surface area contributed by atoms with Gasteiger partial charge < -0.3 is 10.1 Å². The molecule has 3 rings (SSSR count). The lowest BCUT2D eigenvalue weighted by atomic mass is 10.1. The standard InChI is InChI=1S/C23H29N3O2/c1-4-20-19(21(5-2)26(3)25-20)16-24-23(27)14-9-15-28-22-13-8-11-17-10-6-7-12-18(17)22/h6-8,10-13H,4-5,9,14-16H2,1-3H3,(H,24,27). The predicted octanol–water partition coefficient (Wildman–Crippen LogP) is 4.17. The van der Waals surface area contributed by atoms with Crippen molar-refractivity contribution in [3.8, 4) is 5.75 Å². The summed E-state index contributed by atoms with van der Waals surface area (Å²) in [5.41, 5.74) is 3.42. The zero-order chi connectivity index (χ0) is 19.9. The van der Waals surface area contributed by atoms with Crippen LogP contribution in [0.3, 0.4) is 0 Å². The third kappa shape index (κ3) is 4.53. The highest BCUT2D eigenvalue weighted by molar-refractivity contribution is 5.88. The Morgan fingerprint density at radius 2 is 1.89 bits per heavy atom. The van der Waals surface area contributed by atoms with Gasteiger partial charge in [-0.3, -0.25) is 9.48 Å². The van der Waals surface area contributed by atoms with Crippen molar-refractivity contribution in [1.29, 1.82) is 0 Å². The Morgan fingerprint density at radius 3 is 2.68 bits per heavy atom. The fourth-order valence-corrected chi connectivity index (χ4v) is 3.61. The molecule has 148 valence electrons. The largest absolute Gasteiger partial charge is 0.493 e. The lowest BCUT2D eigenvalue weighted by Crippen LogP contribution is -2.24. The number of carbonyl (C=O) groups is 1. The monoisotopic (exact) mass is 379 g/mol. The number of aryl methyl sites for hydroxylation is 2. The van der Waals surface area contributed by atoms with Crippen LogP contribution in [0.2, 0.25) is 0 Å². The maximum Gasteiger partial charge on any atom is 0.220 e. The van der Waals surface area contributed by atoms with E-state index in [2.05, 4.69) is 42.5 Å². The third-order valence-corrected chi connectivity index (χ3v) is 5.05. The second-order valence-electron chi connectivity index (χ2n) is 6.91. The highest BCUT2D eigenvalue weighted by Crippen LogP contribution is 2.25. The number of amides is 1. The number of benzene rings is 2. The van der Waals surface area contributed by atoms with Crippen LogP contribution in [0.5, 0.6) is 5.75 Å². The molecule has 0 aliphatic heterocycles. The summed E-state index contributed by atoms with van der Waals surface area (Å²) in [7, 11) is 1.97. The summed E-state index contributed by atoms with van der Waals surface area (Å²) >= 11 is 0. The van der Waals surface area contributed by atoms with Gasteiger partial charge in [0.2, 0.25) is 5.91 Å². The van der Waals surface area contributed by atoms with Gasteiger partial charge in [0.15, 0.2) is 0 Å². The average molecular weight is 380 g/mol. The molecule has 0 atom stereocenters. The molecule has 0 aliphatic carbocycles. The average Bonchev–Trinajstić information content (AvgIpc) is 3.04. The van der Waals surface area contributed by atoms with Crippen LogP contribution in [0.4, 0.5) is 0 Å². The van der Waals surface area contributed by atoms with E-state index in [1.54, 1.807) is 0 Å². The van der Waals surface area contributed by atoms with E-state index in [0.29, 0.717) is 26.0 Å². The van der Waals surface area contributed by atoms with Crippen LogP contribution in [0.15, 0.2) is 42.5 Å². The Morgan fingerprint density at radius 1 is 1.11 bits per heavy atom. The zero-order valence-corrected chi connectivity index (χ0v) is 17.0. The van der Waals surface area contributed by atoms with Crippen molar-refractivity contribution >= 4 is 16.7 Å². The fourth-order valence-electron chi connectivity index (χ4n) is 3.61. The van der Waals surface area contributed by atoms with Crippen molar-refractivity contribution < 1.29 is 9.53 Å². The lowest BCUT2D eigenvalue weighted by molar-refractivity contribution is -0.121. The predicted molar refractivity (Wildman–Crippen MR) is 112 cm³/mol. The molecule has 1 amide bonds. The molecule has 2 aromatic carbocycles. The van der Waals surface area contributed by atoms with Crippen LogP contribution in [0.25, 0.3) is 10.8 Å². The molecule has 0 unspecified atom stereocenters. The topological polar surface area (TPSA) is 56.2 Å². The summed E-state index contributed by atoms with van der Waals surface area (Å²) in [5.74, 6) is 0.920. The quantitative estimate of drug-likeness (QED) is 0.568. The second kappa shape index (κ2) is 9.40. The van der Waals surface area contributed by atoms with Crippen LogP contribution < -0.4 is 10.1 Å². The fraction of sp³-hybridized carbons (Fsp3) is 0.391.